The van der Waals surface area contributed by atoms with E-state index in [0.717, 1.165) is 27.0 Å². The van der Waals surface area contributed by atoms with Crippen LogP contribution in [0.4, 0.5) is 5.69 Å². The van der Waals surface area contributed by atoms with Gasteiger partial charge in [0.1, 0.15) is 12.9 Å². The van der Waals surface area contributed by atoms with Gasteiger partial charge in [0.25, 0.3) is 5.56 Å². The maximum Gasteiger partial charge on any atom is 0.284 e. The van der Waals surface area contributed by atoms with Crippen LogP contribution in [-0.4, -0.2) is 30.5 Å². The second-order valence-corrected chi connectivity index (χ2v) is 7.54. The van der Waals surface area contributed by atoms with Gasteiger partial charge in [0.15, 0.2) is 11.2 Å². The lowest BCUT2D eigenvalue weighted by molar-refractivity contribution is -0.116. The average molecular weight is 453 g/mol. The Bertz CT molecular complexity index is 1280. The zero-order valence-electron chi connectivity index (χ0n) is 15.8. The van der Waals surface area contributed by atoms with Gasteiger partial charge in [-0.1, -0.05) is 33.3 Å². The van der Waals surface area contributed by atoms with Gasteiger partial charge in [-0.05, 0) is 55.3 Å². The molecule has 2 aromatic carbocycles. The molecule has 0 aliphatic rings. The molecule has 1 amide bonds. The lowest BCUT2D eigenvalue weighted by Gasteiger charge is -2.11. The first kappa shape index (κ1) is 19.0. The van der Waals surface area contributed by atoms with Crippen LogP contribution >= 0.6 is 15.9 Å². The molecule has 2 heterocycles. The molecule has 2 aromatic heterocycles. The summed E-state index contributed by atoms with van der Waals surface area (Å²) in [7, 11) is 0. The van der Waals surface area contributed by atoms with Gasteiger partial charge in [-0.2, -0.15) is 4.68 Å². The molecule has 0 aliphatic heterocycles. The Labute approximate surface area is 174 Å². The molecule has 0 unspecified atom stereocenters. The predicted octanol–water partition coefficient (Wildman–Crippen LogP) is 3.00. The van der Waals surface area contributed by atoms with Crippen molar-refractivity contribution in [2.75, 3.05) is 5.32 Å². The molecule has 8 nitrogen and oxygen atoms in total. The molecule has 29 heavy (non-hydrogen) atoms. The Morgan fingerprint density at radius 2 is 1.90 bits per heavy atom. The molecule has 0 saturated heterocycles. The van der Waals surface area contributed by atoms with E-state index in [-0.39, 0.29) is 18.0 Å². The molecule has 0 radical (unpaired) electrons. The van der Waals surface area contributed by atoms with Crippen molar-refractivity contribution in [3.63, 3.8) is 0 Å². The fourth-order valence-corrected chi connectivity index (χ4v) is 3.21. The number of fused-ring (bicyclic) bond motifs is 1. The molecule has 9 heteroatoms. The number of aryl methyl sites for hydroxylation is 1. The maximum atomic E-state index is 12.8. The minimum absolute atomic E-state index is 0.106. The van der Waals surface area contributed by atoms with Crippen molar-refractivity contribution in [1.82, 2.24) is 24.5 Å². The summed E-state index contributed by atoms with van der Waals surface area (Å²) in [6.45, 7) is 3.74. The van der Waals surface area contributed by atoms with Crippen LogP contribution in [-0.2, 0) is 11.3 Å². The highest BCUT2D eigenvalue weighted by Crippen LogP contribution is 2.18. The third-order valence-electron chi connectivity index (χ3n) is 4.69. The number of hydrogen-bond donors (Lipinski definition) is 1. The smallest absolute Gasteiger partial charge is 0.284 e. The van der Waals surface area contributed by atoms with Crippen molar-refractivity contribution in [3.8, 4) is 5.69 Å². The van der Waals surface area contributed by atoms with Gasteiger partial charge in [0.05, 0.1) is 5.69 Å². The highest BCUT2D eigenvalue weighted by molar-refractivity contribution is 9.10. The SMILES string of the molecule is Cc1cccc(NC(=O)Cn2cnc3c(nnn3-c3ccc(Br)cc3)c2=O)c1C. The van der Waals surface area contributed by atoms with Crippen molar-refractivity contribution >= 4 is 38.7 Å². The first-order valence-electron chi connectivity index (χ1n) is 8.87. The van der Waals surface area contributed by atoms with Crippen LogP contribution in [0, 0.1) is 13.8 Å². The summed E-state index contributed by atoms with van der Waals surface area (Å²) in [5.41, 5.74) is 3.53. The van der Waals surface area contributed by atoms with E-state index in [1.165, 1.54) is 15.6 Å². The summed E-state index contributed by atoms with van der Waals surface area (Å²) in [4.78, 5) is 29.5. The Morgan fingerprint density at radius 3 is 2.66 bits per heavy atom. The number of nitrogens with zero attached hydrogens (tertiary/aromatic N) is 5. The van der Waals surface area contributed by atoms with E-state index in [0.29, 0.717) is 5.65 Å². The lowest BCUT2D eigenvalue weighted by atomic mass is 10.1. The van der Waals surface area contributed by atoms with Gasteiger partial charge in [-0.25, -0.2) is 4.98 Å². The fraction of sp³-hybridized carbons (Fsp3) is 0.150. The lowest BCUT2D eigenvalue weighted by Crippen LogP contribution is -2.28. The number of amides is 1. The Hall–Kier alpha value is -3.33. The number of carbonyl (C=O) groups is 1. The number of carbonyl (C=O) groups excluding carboxylic acids is 1. The van der Waals surface area contributed by atoms with Crippen molar-refractivity contribution < 1.29 is 4.79 Å². The van der Waals surface area contributed by atoms with Gasteiger partial charge in [0, 0.05) is 10.2 Å². The monoisotopic (exact) mass is 452 g/mol. The highest BCUT2D eigenvalue weighted by atomic mass is 79.9. The van der Waals surface area contributed by atoms with E-state index >= 15 is 0 Å². The van der Waals surface area contributed by atoms with E-state index in [2.05, 4.69) is 36.5 Å². The molecule has 1 N–H and O–H groups in total. The molecular weight excluding hydrogens is 436 g/mol. The van der Waals surface area contributed by atoms with E-state index in [9.17, 15) is 9.59 Å². The normalized spacial score (nSPS) is 11.0. The highest BCUT2D eigenvalue weighted by Gasteiger charge is 2.15. The number of hydrogen-bond acceptors (Lipinski definition) is 5. The zero-order valence-corrected chi connectivity index (χ0v) is 17.3. The Morgan fingerprint density at radius 1 is 1.14 bits per heavy atom. The molecule has 146 valence electrons. The van der Waals surface area contributed by atoms with E-state index < -0.39 is 5.56 Å². The summed E-state index contributed by atoms with van der Waals surface area (Å²) in [6, 6.07) is 13.1. The van der Waals surface area contributed by atoms with Gasteiger partial charge >= 0.3 is 0 Å². The largest absolute Gasteiger partial charge is 0.324 e. The molecule has 4 aromatic rings. The molecule has 0 saturated carbocycles. The van der Waals surface area contributed by atoms with Crippen molar-refractivity contribution in [1.29, 1.82) is 0 Å². The number of benzene rings is 2. The summed E-state index contributed by atoms with van der Waals surface area (Å²) in [5.74, 6) is -0.317. The summed E-state index contributed by atoms with van der Waals surface area (Å²) < 4.78 is 3.64. The molecule has 0 bridgehead atoms. The molecule has 0 atom stereocenters. The second-order valence-electron chi connectivity index (χ2n) is 6.62. The summed E-state index contributed by atoms with van der Waals surface area (Å²) in [6.07, 6.45) is 1.34. The van der Waals surface area contributed by atoms with Crippen LogP contribution in [0.1, 0.15) is 11.1 Å². The third-order valence-corrected chi connectivity index (χ3v) is 5.22. The van der Waals surface area contributed by atoms with Crippen LogP contribution in [0.15, 0.2) is 58.1 Å². The van der Waals surface area contributed by atoms with Gasteiger partial charge in [-0.15, -0.1) is 5.10 Å². The van der Waals surface area contributed by atoms with Crippen LogP contribution in [0.2, 0.25) is 0 Å². The number of nitrogens with one attached hydrogen (secondary N) is 1. The standard InChI is InChI=1S/C20H17BrN6O2/c1-12-4-3-5-16(13(12)2)23-17(28)10-26-11-22-19-18(20(26)29)24-25-27(19)15-8-6-14(21)7-9-15/h3-9,11H,10H2,1-2H3,(H,23,28). The predicted molar refractivity (Wildman–Crippen MR) is 113 cm³/mol. The molecule has 4 rings (SSSR count). The van der Waals surface area contributed by atoms with Crippen molar-refractivity contribution in [3.05, 3.63) is 74.7 Å². The van der Waals surface area contributed by atoms with Crippen LogP contribution < -0.4 is 10.9 Å². The number of rotatable bonds is 4. The maximum absolute atomic E-state index is 12.8. The third kappa shape index (κ3) is 3.68. The van der Waals surface area contributed by atoms with Crippen molar-refractivity contribution in [2.24, 2.45) is 0 Å². The van der Waals surface area contributed by atoms with E-state index in [1.807, 2.05) is 56.3 Å². The first-order valence-corrected chi connectivity index (χ1v) is 9.66. The molecular formula is C20H17BrN6O2. The first-order chi connectivity index (χ1) is 13.9. The minimum atomic E-state index is -0.422. The minimum Gasteiger partial charge on any atom is -0.324 e. The van der Waals surface area contributed by atoms with Crippen molar-refractivity contribution in [2.45, 2.75) is 20.4 Å². The summed E-state index contributed by atoms with van der Waals surface area (Å²) in [5, 5.41) is 10.8. The van der Waals surface area contributed by atoms with Gasteiger partial charge in [0.2, 0.25) is 5.91 Å². The topological polar surface area (TPSA) is 94.7 Å². The van der Waals surface area contributed by atoms with Crippen LogP contribution in [0.25, 0.3) is 16.9 Å². The quantitative estimate of drug-likeness (QED) is 0.513. The number of aromatic nitrogens is 5. The number of halogens is 1. The molecule has 0 aliphatic carbocycles. The molecule has 0 spiro atoms. The number of anilines is 1. The van der Waals surface area contributed by atoms with E-state index in [1.54, 1.807) is 0 Å². The average Bonchev–Trinajstić information content (AvgIpc) is 3.13. The van der Waals surface area contributed by atoms with Gasteiger partial charge < -0.3 is 5.32 Å². The zero-order chi connectivity index (χ0) is 20.5. The van der Waals surface area contributed by atoms with E-state index in [4.69, 9.17) is 0 Å². The van der Waals surface area contributed by atoms with Crippen LogP contribution in [0.3, 0.4) is 0 Å². The molecule has 0 fully saturated rings. The fourth-order valence-electron chi connectivity index (χ4n) is 2.94. The Kier molecular flexibility index (Phi) is 4.98. The van der Waals surface area contributed by atoms with Gasteiger partial charge in [-0.3, -0.25) is 14.2 Å². The second kappa shape index (κ2) is 7.59. The Balaban J connectivity index is 1.61. The summed E-state index contributed by atoms with van der Waals surface area (Å²) >= 11 is 3.38. The van der Waals surface area contributed by atoms with Crippen LogP contribution in [0.5, 0.6) is 0 Å².